The van der Waals surface area contributed by atoms with E-state index in [1.54, 1.807) is 6.08 Å². The highest BCUT2D eigenvalue weighted by molar-refractivity contribution is 5.71. The summed E-state index contributed by atoms with van der Waals surface area (Å²) in [5.74, 6) is 0. The first kappa shape index (κ1) is 7.80. The first-order valence-corrected chi connectivity index (χ1v) is 3.46. The second kappa shape index (κ2) is 3.77. The van der Waals surface area contributed by atoms with E-state index in [1.165, 1.54) is 0 Å². The average molecular weight is 142 g/mol. The molecule has 0 unspecified atom stereocenters. The zero-order chi connectivity index (χ0) is 8.10. The van der Waals surface area contributed by atoms with E-state index >= 15 is 0 Å². The summed E-state index contributed by atoms with van der Waals surface area (Å²) in [6, 6.07) is 9.93. The van der Waals surface area contributed by atoms with Crippen LogP contribution in [0, 0.1) is 6.42 Å². The first-order chi connectivity index (χ1) is 5.34. The van der Waals surface area contributed by atoms with Crippen LogP contribution in [-0.4, -0.2) is 0 Å². The Balaban J connectivity index is 2.77. The van der Waals surface area contributed by atoms with Gasteiger partial charge in [-0.25, -0.2) is 0 Å². The molecule has 1 aromatic carbocycles. The van der Waals surface area contributed by atoms with Gasteiger partial charge in [-0.15, -0.1) is 6.58 Å². The van der Waals surface area contributed by atoms with Gasteiger partial charge in [0, 0.05) is 6.42 Å². The van der Waals surface area contributed by atoms with Crippen molar-refractivity contribution in [3.63, 3.8) is 0 Å². The molecule has 0 aliphatic rings. The van der Waals surface area contributed by atoms with Crippen LogP contribution in [0.4, 0.5) is 0 Å². The molecule has 1 rings (SSSR count). The van der Waals surface area contributed by atoms with Gasteiger partial charge in [0.05, 0.1) is 0 Å². The van der Waals surface area contributed by atoms with Gasteiger partial charge >= 0.3 is 0 Å². The molecule has 11 heavy (non-hydrogen) atoms. The Morgan fingerprint density at radius 3 is 2.45 bits per heavy atom. The normalized spacial score (nSPS) is 9.09. The van der Waals surface area contributed by atoms with Gasteiger partial charge in [-0.2, -0.15) is 0 Å². The first-order valence-electron chi connectivity index (χ1n) is 3.46. The van der Waals surface area contributed by atoms with Crippen LogP contribution in [0.5, 0.6) is 0 Å². The molecule has 0 spiro atoms. The van der Waals surface area contributed by atoms with Crippen LogP contribution >= 0.6 is 0 Å². The van der Waals surface area contributed by atoms with Crippen molar-refractivity contribution in [3.8, 4) is 0 Å². The summed E-state index contributed by atoms with van der Waals surface area (Å²) < 4.78 is 0. The minimum absolute atomic E-state index is 0.876. The molecule has 0 bridgehead atoms. The number of hydrogen-bond acceptors (Lipinski definition) is 0. The van der Waals surface area contributed by atoms with Crippen molar-refractivity contribution in [3.05, 3.63) is 61.5 Å². The summed E-state index contributed by atoms with van der Waals surface area (Å²) in [4.78, 5) is 0. The van der Waals surface area contributed by atoms with Crippen molar-refractivity contribution >= 4 is 5.57 Å². The van der Waals surface area contributed by atoms with Gasteiger partial charge in [-0.1, -0.05) is 43.0 Å². The largest absolute Gasteiger partial charge is 0.102 e. The monoisotopic (exact) mass is 142 g/mol. The Labute approximate surface area is 67.9 Å². The summed E-state index contributed by atoms with van der Waals surface area (Å²) in [6.07, 6.45) is 4.55. The summed E-state index contributed by atoms with van der Waals surface area (Å²) in [7, 11) is 0. The molecule has 0 saturated carbocycles. The Kier molecular flexibility index (Phi) is 2.67. The van der Waals surface area contributed by atoms with Gasteiger partial charge in [0.1, 0.15) is 0 Å². The third-order valence-corrected chi connectivity index (χ3v) is 1.40. The van der Waals surface area contributed by atoms with E-state index in [0.29, 0.717) is 0 Å². The third-order valence-electron chi connectivity index (χ3n) is 1.40. The Morgan fingerprint density at radius 2 is 1.91 bits per heavy atom. The maximum Gasteiger partial charge on any atom is 0.0416 e. The van der Waals surface area contributed by atoms with E-state index in [4.69, 9.17) is 0 Å². The molecule has 0 nitrogen and oxygen atoms in total. The molecule has 1 aromatic rings. The van der Waals surface area contributed by atoms with Crippen LogP contribution < -0.4 is 0 Å². The SMILES string of the molecule is C=C[C]C(=C)c1ccccc1. The summed E-state index contributed by atoms with van der Waals surface area (Å²) in [6.45, 7) is 7.39. The zero-order valence-electron chi connectivity index (χ0n) is 6.38. The van der Waals surface area contributed by atoms with Crippen molar-refractivity contribution in [2.75, 3.05) is 0 Å². The Morgan fingerprint density at radius 1 is 1.27 bits per heavy atom. The molecule has 0 saturated heterocycles. The number of benzene rings is 1. The molecule has 0 aromatic heterocycles. The van der Waals surface area contributed by atoms with Crippen LogP contribution in [-0.2, 0) is 0 Å². The molecule has 0 atom stereocenters. The predicted molar refractivity (Wildman–Crippen MR) is 48.9 cm³/mol. The molecule has 2 radical (unpaired) electrons. The topological polar surface area (TPSA) is 0 Å². The van der Waals surface area contributed by atoms with Crippen molar-refractivity contribution in [2.24, 2.45) is 0 Å². The van der Waals surface area contributed by atoms with Gasteiger partial charge < -0.3 is 0 Å². The number of hydrogen-bond donors (Lipinski definition) is 0. The lowest BCUT2D eigenvalue weighted by Gasteiger charge is -1.99. The van der Waals surface area contributed by atoms with E-state index in [-0.39, 0.29) is 0 Å². The minimum atomic E-state index is 0.876. The molecule has 54 valence electrons. The molecule has 0 aliphatic heterocycles. The fraction of sp³-hybridized carbons (Fsp3) is 0. The van der Waals surface area contributed by atoms with Crippen molar-refractivity contribution < 1.29 is 0 Å². The highest BCUT2D eigenvalue weighted by atomic mass is 14.0. The molecule has 0 N–H and O–H groups in total. The van der Waals surface area contributed by atoms with Gasteiger partial charge in [0.15, 0.2) is 0 Å². The Bertz CT molecular complexity index is 244. The summed E-state index contributed by atoms with van der Waals surface area (Å²) >= 11 is 0. The van der Waals surface area contributed by atoms with Crippen LogP contribution in [0.3, 0.4) is 0 Å². The van der Waals surface area contributed by atoms with Crippen molar-refractivity contribution in [2.45, 2.75) is 0 Å². The molecule has 0 heteroatoms. The lowest BCUT2D eigenvalue weighted by molar-refractivity contribution is 1.60. The van der Waals surface area contributed by atoms with E-state index in [9.17, 15) is 0 Å². The maximum absolute atomic E-state index is 3.83. The lowest BCUT2D eigenvalue weighted by atomic mass is 10.1. The summed E-state index contributed by atoms with van der Waals surface area (Å²) in [5, 5.41) is 0. The minimum Gasteiger partial charge on any atom is -0.102 e. The van der Waals surface area contributed by atoms with Crippen molar-refractivity contribution in [1.29, 1.82) is 0 Å². The van der Waals surface area contributed by atoms with Crippen LogP contribution in [0.25, 0.3) is 5.57 Å². The summed E-state index contributed by atoms with van der Waals surface area (Å²) in [5.41, 5.74) is 1.97. The van der Waals surface area contributed by atoms with Gasteiger partial charge in [0.25, 0.3) is 0 Å². The smallest absolute Gasteiger partial charge is 0.0416 e. The van der Waals surface area contributed by atoms with E-state index in [1.807, 2.05) is 30.3 Å². The highest BCUT2D eigenvalue weighted by Crippen LogP contribution is 2.13. The second-order valence-corrected chi connectivity index (χ2v) is 2.19. The molecule has 0 aliphatic carbocycles. The van der Waals surface area contributed by atoms with Crippen LogP contribution in [0.2, 0.25) is 0 Å². The number of allylic oxidation sites excluding steroid dienone is 2. The molecular weight excluding hydrogens is 132 g/mol. The second-order valence-electron chi connectivity index (χ2n) is 2.19. The maximum atomic E-state index is 3.83. The average Bonchev–Trinajstić information content (AvgIpc) is 2.07. The van der Waals surface area contributed by atoms with Crippen LogP contribution in [0.15, 0.2) is 49.6 Å². The van der Waals surface area contributed by atoms with Gasteiger partial charge in [0.2, 0.25) is 0 Å². The van der Waals surface area contributed by atoms with E-state index in [0.717, 1.165) is 11.1 Å². The van der Waals surface area contributed by atoms with E-state index < -0.39 is 0 Å². The predicted octanol–water partition coefficient (Wildman–Crippen LogP) is 2.97. The molecular formula is C11H10. The lowest BCUT2D eigenvalue weighted by Crippen LogP contribution is -1.79. The standard InChI is InChI=1S/C11H10/c1-3-7-10(2)11-8-5-4-6-9-11/h3-6,8-9H,1-2H2. The fourth-order valence-electron chi connectivity index (χ4n) is 0.846. The van der Waals surface area contributed by atoms with Crippen molar-refractivity contribution in [1.82, 2.24) is 0 Å². The molecule has 0 fully saturated rings. The fourth-order valence-corrected chi connectivity index (χ4v) is 0.846. The third kappa shape index (κ3) is 2.08. The Hall–Kier alpha value is -1.30. The molecule has 0 amide bonds. The zero-order valence-corrected chi connectivity index (χ0v) is 6.38. The number of rotatable bonds is 3. The quantitative estimate of drug-likeness (QED) is 0.608. The van der Waals surface area contributed by atoms with Gasteiger partial charge in [-0.05, 0) is 11.1 Å². The van der Waals surface area contributed by atoms with E-state index in [2.05, 4.69) is 19.6 Å². The molecule has 0 heterocycles. The van der Waals surface area contributed by atoms with Gasteiger partial charge in [-0.3, -0.25) is 0 Å². The van der Waals surface area contributed by atoms with Crippen LogP contribution in [0.1, 0.15) is 5.56 Å². The highest BCUT2D eigenvalue weighted by Gasteiger charge is 1.93.